The minimum Gasteiger partial charge on any atom is -0.435 e. The summed E-state index contributed by atoms with van der Waals surface area (Å²) >= 11 is 0. The Morgan fingerprint density at radius 1 is 1.18 bits per heavy atom. The number of pyridine rings is 1. The van der Waals surface area contributed by atoms with Crippen LogP contribution in [0.1, 0.15) is 12.5 Å². The number of guanidine groups is 1. The fraction of sp³-hybridized carbons (Fsp3) is 0.400. The van der Waals surface area contributed by atoms with E-state index in [2.05, 4.69) is 29.8 Å². The van der Waals surface area contributed by atoms with Gasteiger partial charge in [0.2, 0.25) is 0 Å². The van der Waals surface area contributed by atoms with Crippen LogP contribution < -0.4 is 15.0 Å². The van der Waals surface area contributed by atoms with Crippen molar-refractivity contribution >= 4 is 11.8 Å². The summed E-state index contributed by atoms with van der Waals surface area (Å²) in [4.78, 5) is 13.6. The molecule has 0 unspecified atom stereocenters. The van der Waals surface area contributed by atoms with Gasteiger partial charge in [0.15, 0.2) is 5.96 Å². The Bertz CT molecular complexity index is 764. The van der Waals surface area contributed by atoms with Crippen molar-refractivity contribution in [2.45, 2.75) is 20.1 Å². The van der Waals surface area contributed by atoms with E-state index in [-0.39, 0.29) is 5.75 Å². The van der Waals surface area contributed by atoms with E-state index >= 15 is 0 Å². The number of nitrogens with zero attached hydrogens (tertiary/aromatic N) is 4. The average molecular weight is 389 g/mol. The van der Waals surface area contributed by atoms with Crippen molar-refractivity contribution in [2.75, 3.05) is 37.6 Å². The van der Waals surface area contributed by atoms with Crippen molar-refractivity contribution in [2.24, 2.45) is 4.99 Å². The number of piperazine rings is 1. The van der Waals surface area contributed by atoms with Crippen molar-refractivity contribution in [1.82, 2.24) is 15.2 Å². The maximum absolute atomic E-state index is 12.4. The summed E-state index contributed by atoms with van der Waals surface area (Å²) in [5.41, 5.74) is 0.820. The van der Waals surface area contributed by atoms with Crippen molar-refractivity contribution in [1.29, 1.82) is 0 Å². The van der Waals surface area contributed by atoms with Crippen LogP contribution in [0.5, 0.6) is 5.75 Å². The highest BCUT2D eigenvalue weighted by Gasteiger charge is 2.20. The lowest BCUT2D eigenvalue weighted by atomic mass is 10.2. The molecule has 0 radical (unpaired) electrons. The Hall–Kier alpha value is -2.90. The van der Waals surface area contributed by atoms with Crippen LogP contribution in [0.25, 0.3) is 0 Å². The number of hydrogen-bond donors (Lipinski definition) is 1. The number of halogens is 2. The van der Waals surface area contributed by atoms with Gasteiger partial charge in [0.05, 0.1) is 6.54 Å². The van der Waals surface area contributed by atoms with Crippen LogP contribution in [0.3, 0.4) is 0 Å². The molecule has 0 bridgehead atoms. The standard InChI is InChI=1S/C20H25F2N5O/c1-2-23-20(25-15-16-6-5-7-17(14-16)28-19(21)22)27-12-10-26(11-13-27)18-8-3-4-9-24-18/h3-9,14,19H,2,10-13,15H2,1H3,(H,23,25). The van der Waals surface area contributed by atoms with E-state index in [1.807, 2.05) is 31.2 Å². The van der Waals surface area contributed by atoms with Gasteiger partial charge in [-0.05, 0) is 36.8 Å². The van der Waals surface area contributed by atoms with Gasteiger partial charge in [0.1, 0.15) is 11.6 Å². The Morgan fingerprint density at radius 3 is 2.68 bits per heavy atom. The lowest BCUT2D eigenvalue weighted by Crippen LogP contribution is -2.52. The maximum Gasteiger partial charge on any atom is 0.387 e. The van der Waals surface area contributed by atoms with Crippen LogP contribution in [0.4, 0.5) is 14.6 Å². The van der Waals surface area contributed by atoms with Crippen LogP contribution in [0.15, 0.2) is 53.7 Å². The molecule has 0 atom stereocenters. The SMILES string of the molecule is CCNC(=NCc1cccc(OC(F)F)c1)N1CCN(c2ccccn2)CC1. The lowest BCUT2D eigenvalue weighted by molar-refractivity contribution is -0.0498. The molecule has 2 heterocycles. The summed E-state index contributed by atoms with van der Waals surface area (Å²) in [6.07, 6.45) is 1.80. The highest BCUT2D eigenvalue weighted by atomic mass is 19.3. The van der Waals surface area contributed by atoms with E-state index in [0.29, 0.717) is 6.54 Å². The van der Waals surface area contributed by atoms with Gasteiger partial charge in [0.25, 0.3) is 0 Å². The monoisotopic (exact) mass is 389 g/mol. The number of rotatable bonds is 6. The fourth-order valence-corrected chi connectivity index (χ4v) is 3.10. The second-order valence-electron chi connectivity index (χ2n) is 6.36. The number of ether oxygens (including phenoxy) is 1. The molecule has 8 heteroatoms. The Balaban J connectivity index is 1.62. The number of aliphatic imine (C=N–C) groups is 1. The summed E-state index contributed by atoms with van der Waals surface area (Å²) in [6, 6.07) is 12.6. The van der Waals surface area contributed by atoms with Crippen molar-refractivity contribution in [3.8, 4) is 5.75 Å². The third-order valence-corrected chi connectivity index (χ3v) is 4.42. The van der Waals surface area contributed by atoms with Gasteiger partial charge < -0.3 is 19.9 Å². The first-order valence-electron chi connectivity index (χ1n) is 9.38. The topological polar surface area (TPSA) is 53.0 Å². The zero-order valence-corrected chi connectivity index (χ0v) is 15.9. The number of aromatic nitrogens is 1. The molecule has 0 amide bonds. The number of anilines is 1. The predicted octanol–water partition coefficient (Wildman–Crippen LogP) is 2.97. The smallest absolute Gasteiger partial charge is 0.387 e. The molecule has 150 valence electrons. The number of benzene rings is 1. The zero-order valence-electron chi connectivity index (χ0n) is 15.9. The normalized spacial score (nSPS) is 15.1. The van der Waals surface area contributed by atoms with Gasteiger partial charge in [-0.3, -0.25) is 0 Å². The van der Waals surface area contributed by atoms with E-state index in [0.717, 1.165) is 50.1 Å². The minimum atomic E-state index is -2.83. The van der Waals surface area contributed by atoms with Gasteiger partial charge >= 0.3 is 6.61 Å². The highest BCUT2D eigenvalue weighted by Crippen LogP contribution is 2.17. The molecule has 1 aromatic carbocycles. The summed E-state index contributed by atoms with van der Waals surface area (Å²) in [5, 5.41) is 3.31. The second-order valence-corrected chi connectivity index (χ2v) is 6.36. The first-order chi connectivity index (χ1) is 13.7. The van der Waals surface area contributed by atoms with E-state index in [1.165, 1.54) is 6.07 Å². The Labute approximate surface area is 163 Å². The van der Waals surface area contributed by atoms with Crippen molar-refractivity contribution in [3.63, 3.8) is 0 Å². The molecule has 1 saturated heterocycles. The quantitative estimate of drug-likeness (QED) is 0.608. The molecular weight excluding hydrogens is 364 g/mol. The zero-order chi connectivity index (χ0) is 19.8. The van der Waals surface area contributed by atoms with Gasteiger partial charge in [-0.15, -0.1) is 0 Å². The fourth-order valence-electron chi connectivity index (χ4n) is 3.10. The Kier molecular flexibility index (Phi) is 7.00. The third-order valence-electron chi connectivity index (χ3n) is 4.42. The number of hydrogen-bond acceptors (Lipinski definition) is 4. The molecule has 1 aliphatic rings. The van der Waals surface area contributed by atoms with E-state index < -0.39 is 6.61 Å². The Morgan fingerprint density at radius 2 is 2.00 bits per heavy atom. The van der Waals surface area contributed by atoms with Gasteiger partial charge in [-0.2, -0.15) is 8.78 Å². The molecule has 0 spiro atoms. The largest absolute Gasteiger partial charge is 0.435 e. The van der Waals surface area contributed by atoms with Gasteiger partial charge in [0, 0.05) is 38.9 Å². The molecule has 28 heavy (non-hydrogen) atoms. The molecule has 0 aliphatic carbocycles. The molecule has 3 rings (SSSR count). The van der Waals surface area contributed by atoms with E-state index in [9.17, 15) is 8.78 Å². The summed E-state index contributed by atoms with van der Waals surface area (Å²) in [5.74, 6) is 1.96. The first kappa shape index (κ1) is 19.9. The van der Waals surface area contributed by atoms with Crippen LogP contribution in [0.2, 0.25) is 0 Å². The predicted molar refractivity (Wildman–Crippen MR) is 106 cm³/mol. The minimum absolute atomic E-state index is 0.150. The first-order valence-corrected chi connectivity index (χ1v) is 9.38. The van der Waals surface area contributed by atoms with Gasteiger partial charge in [-0.25, -0.2) is 9.98 Å². The molecule has 1 fully saturated rings. The van der Waals surface area contributed by atoms with Gasteiger partial charge in [-0.1, -0.05) is 18.2 Å². The average Bonchev–Trinajstić information content (AvgIpc) is 2.72. The van der Waals surface area contributed by atoms with Crippen LogP contribution in [0, 0.1) is 0 Å². The summed E-state index contributed by atoms with van der Waals surface area (Å²) in [7, 11) is 0. The third kappa shape index (κ3) is 5.55. The number of nitrogens with one attached hydrogen (secondary N) is 1. The van der Waals surface area contributed by atoms with E-state index in [4.69, 9.17) is 0 Å². The molecular formula is C20H25F2N5O. The van der Waals surface area contributed by atoms with E-state index in [1.54, 1.807) is 18.3 Å². The molecule has 1 aliphatic heterocycles. The van der Waals surface area contributed by atoms with Crippen LogP contribution in [-0.2, 0) is 6.54 Å². The molecule has 2 aromatic rings. The second kappa shape index (κ2) is 9.87. The van der Waals surface area contributed by atoms with Crippen molar-refractivity contribution in [3.05, 3.63) is 54.2 Å². The summed E-state index contributed by atoms with van der Waals surface area (Å²) in [6.45, 7) is 3.73. The maximum atomic E-state index is 12.4. The molecule has 6 nitrogen and oxygen atoms in total. The molecule has 0 saturated carbocycles. The van der Waals surface area contributed by atoms with Crippen LogP contribution in [-0.4, -0.2) is 55.2 Å². The molecule has 1 N–H and O–H groups in total. The van der Waals surface area contributed by atoms with Crippen molar-refractivity contribution < 1.29 is 13.5 Å². The highest BCUT2D eigenvalue weighted by molar-refractivity contribution is 5.80. The number of alkyl halides is 2. The summed E-state index contributed by atoms with van der Waals surface area (Å²) < 4.78 is 29.2. The molecule has 1 aromatic heterocycles. The van der Waals surface area contributed by atoms with Crippen LogP contribution >= 0.6 is 0 Å². The lowest BCUT2D eigenvalue weighted by Gasteiger charge is -2.37.